The lowest BCUT2D eigenvalue weighted by molar-refractivity contribution is -0.128. The molecule has 1 amide bonds. The highest BCUT2D eigenvalue weighted by Crippen LogP contribution is 2.26. The van der Waals surface area contributed by atoms with Gasteiger partial charge in [-0.15, -0.1) is 0 Å². The Labute approximate surface area is 150 Å². The van der Waals surface area contributed by atoms with E-state index in [1.54, 1.807) is 6.92 Å². The van der Waals surface area contributed by atoms with Gasteiger partial charge in [0.15, 0.2) is 6.10 Å². The maximum atomic E-state index is 12.4. The van der Waals surface area contributed by atoms with Gasteiger partial charge in [-0.25, -0.2) is 0 Å². The number of nitrogens with one attached hydrogen (secondary N) is 1. The summed E-state index contributed by atoms with van der Waals surface area (Å²) >= 11 is 0. The van der Waals surface area contributed by atoms with Crippen molar-refractivity contribution in [1.82, 2.24) is 10.2 Å². The predicted octanol–water partition coefficient (Wildman–Crippen LogP) is 2.34. The van der Waals surface area contributed by atoms with Gasteiger partial charge in [-0.2, -0.15) is 0 Å². The van der Waals surface area contributed by atoms with Crippen molar-refractivity contribution < 1.29 is 14.6 Å². The highest BCUT2D eigenvalue weighted by molar-refractivity contribution is 5.81. The van der Waals surface area contributed by atoms with Gasteiger partial charge in [-0.1, -0.05) is 31.0 Å². The third kappa shape index (κ3) is 4.95. The molecule has 0 bridgehead atoms. The van der Waals surface area contributed by atoms with Gasteiger partial charge in [0.05, 0.1) is 6.10 Å². The maximum Gasteiger partial charge on any atom is 0.260 e. The zero-order valence-electron chi connectivity index (χ0n) is 15.1. The normalized spacial score (nSPS) is 26.8. The van der Waals surface area contributed by atoms with Gasteiger partial charge in [0.2, 0.25) is 0 Å². The van der Waals surface area contributed by atoms with Crippen LogP contribution in [0.4, 0.5) is 0 Å². The third-order valence-corrected chi connectivity index (χ3v) is 5.46. The molecule has 3 atom stereocenters. The van der Waals surface area contributed by atoms with Crippen LogP contribution in [0, 0.1) is 0 Å². The summed E-state index contributed by atoms with van der Waals surface area (Å²) in [5, 5.41) is 13.3. The molecule has 138 valence electrons. The van der Waals surface area contributed by atoms with Crippen LogP contribution in [0.2, 0.25) is 0 Å². The first-order valence-electron chi connectivity index (χ1n) is 9.57. The highest BCUT2D eigenvalue weighted by Gasteiger charge is 2.32. The lowest BCUT2D eigenvalue weighted by Crippen LogP contribution is -2.53. The number of nitrogens with zero attached hydrogens (tertiary/aromatic N) is 1. The molecule has 0 spiro atoms. The van der Waals surface area contributed by atoms with Gasteiger partial charge in [-0.3, -0.25) is 9.69 Å². The highest BCUT2D eigenvalue weighted by atomic mass is 16.5. The zero-order chi connectivity index (χ0) is 17.6. The Bertz CT molecular complexity index is 543. The van der Waals surface area contributed by atoms with E-state index >= 15 is 0 Å². The number of carbonyl (C=O) groups is 1. The average molecular weight is 346 g/mol. The summed E-state index contributed by atoms with van der Waals surface area (Å²) in [5.74, 6) is 0.659. The SMILES string of the molecule is CC(Oc1ccccc1)C(=O)NC1CCN(C2CCCCC2O)CC1. The summed E-state index contributed by atoms with van der Waals surface area (Å²) in [6, 6.07) is 9.95. The molecular weight excluding hydrogens is 316 g/mol. The average Bonchev–Trinajstić information content (AvgIpc) is 2.64. The van der Waals surface area contributed by atoms with Crippen molar-refractivity contribution in [2.24, 2.45) is 0 Å². The van der Waals surface area contributed by atoms with Gasteiger partial charge in [0.1, 0.15) is 5.75 Å². The van der Waals surface area contributed by atoms with E-state index in [0.29, 0.717) is 11.8 Å². The summed E-state index contributed by atoms with van der Waals surface area (Å²) in [4.78, 5) is 14.8. The van der Waals surface area contributed by atoms with Crippen LogP contribution in [0.5, 0.6) is 5.75 Å². The molecule has 25 heavy (non-hydrogen) atoms. The molecule has 2 N–H and O–H groups in total. The molecule has 1 aromatic carbocycles. The molecule has 2 aliphatic rings. The van der Waals surface area contributed by atoms with E-state index in [-0.39, 0.29) is 18.1 Å². The van der Waals surface area contributed by atoms with Crippen molar-refractivity contribution in [1.29, 1.82) is 0 Å². The van der Waals surface area contributed by atoms with Crippen LogP contribution in [0.3, 0.4) is 0 Å². The fraction of sp³-hybridized carbons (Fsp3) is 0.650. The van der Waals surface area contributed by atoms with Crippen LogP contribution in [0.1, 0.15) is 45.4 Å². The van der Waals surface area contributed by atoms with Crippen molar-refractivity contribution in [3.05, 3.63) is 30.3 Å². The molecule has 5 nitrogen and oxygen atoms in total. The first-order chi connectivity index (χ1) is 12.1. The van der Waals surface area contributed by atoms with Crippen LogP contribution in [-0.4, -0.2) is 53.3 Å². The minimum atomic E-state index is -0.499. The molecule has 0 aromatic heterocycles. The van der Waals surface area contributed by atoms with E-state index < -0.39 is 6.10 Å². The van der Waals surface area contributed by atoms with Crippen molar-refractivity contribution >= 4 is 5.91 Å². The van der Waals surface area contributed by atoms with Gasteiger partial charge >= 0.3 is 0 Å². The molecule has 1 aliphatic heterocycles. The molecule has 1 aromatic rings. The Balaban J connectivity index is 1.43. The van der Waals surface area contributed by atoms with Gasteiger partial charge in [0, 0.05) is 25.2 Å². The number of aliphatic hydroxyl groups excluding tert-OH is 1. The van der Waals surface area contributed by atoms with Crippen molar-refractivity contribution in [3.63, 3.8) is 0 Å². The second kappa shape index (κ2) is 8.68. The maximum absolute atomic E-state index is 12.4. The zero-order valence-corrected chi connectivity index (χ0v) is 15.1. The second-order valence-electron chi connectivity index (χ2n) is 7.31. The number of hydrogen-bond donors (Lipinski definition) is 2. The van der Waals surface area contributed by atoms with E-state index in [0.717, 1.165) is 45.2 Å². The largest absolute Gasteiger partial charge is 0.481 e. The lowest BCUT2D eigenvalue weighted by Gasteiger charge is -2.41. The number of hydrogen-bond acceptors (Lipinski definition) is 4. The molecule has 0 radical (unpaired) electrons. The minimum absolute atomic E-state index is 0.0556. The number of aliphatic hydroxyl groups is 1. The monoisotopic (exact) mass is 346 g/mol. The third-order valence-electron chi connectivity index (χ3n) is 5.46. The van der Waals surface area contributed by atoms with Crippen molar-refractivity contribution in [3.8, 4) is 5.75 Å². The smallest absolute Gasteiger partial charge is 0.260 e. The first kappa shape index (κ1) is 18.2. The summed E-state index contributed by atoms with van der Waals surface area (Å²) in [6.45, 7) is 3.68. The Morgan fingerprint density at radius 1 is 1.16 bits per heavy atom. The van der Waals surface area contributed by atoms with Crippen molar-refractivity contribution in [2.75, 3.05) is 13.1 Å². The summed E-state index contributed by atoms with van der Waals surface area (Å²) in [5.41, 5.74) is 0. The molecule has 1 saturated carbocycles. The topological polar surface area (TPSA) is 61.8 Å². The van der Waals surface area contributed by atoms with Gasteiger partial charge in [-0.05, 0) is 44.7 Å². The summed E-state index contributed by atoms with van der Waals surface area (Å²) in [6.07, 6.45) is 5.58. The van der Waals surface area contributed by atoms with E-state index in [1.165, 1.54) is 6.42 Å². The fourth-order valence-electron chi connectivity index (χ4n) is 3.97. The van der Waals surface area contributed by atoms with Crippen LogP contribution >= 0.6 is 0 Å². The van der Waals surface area contributed by atoms with E-state index in [4.69, 9.17) is 4.74 Å². The standard InChI is InChI=1S/C20H30N2O3/c1-15(25-17-7-3-2-4-8-17)20(24)21-16-11-13-22(14-12-16)18-9-5-6-10-19(18)23/h2-4,7-8,15-16,18-19,23H,5-6,9-14H2,1H3,(H,21,24). The van der Waals surface area contributed by atoms with E-state index in [2.05, 4.69) is 10.2 Å². The molecule has 5 heteroatoms. The molecule has 3 rings (SSSR count). The van der Waals surface area contributed by atoms with E-state index in [9.17, 15) is 9.90 Å². The Morgan fingerprint density at radius 3 is 2.52 bits per heavy atom. The number of benzene rings is 1. The van der Waals surface area contributed by atoms with Gasteiger partial charge in [0.25, 0.3) is 5.91 Å². The fourth-order valence-corrected chi connectivity index (χ4v) is 3.97. The number of piperidine rings is 1. The number of para-hydroxylation sites is 1. The molecule has 1 heterocycles. The van der Waals surface area contributed by atoms with Crippen LogP contribution in [0.25, 0.3) is 0 Å². The summed E-state index contributed by atoms with van der Waals surface area (Å²) in [7, 11) is 0. The minimum Gasteiger partial charge on any atom is -0.481 e. The molecule has 1 saturated heterocycles. The number of ether oxygens (including phenoxy) is 1. The second-order valence-corrected chi connectivity index (χ2v) is 7.31. The van der Waals surface area contributed by atoms with Gasteiger partial charge < -0.3 is 15.2 Å². The number of carbonyl (C=O) groups excluding carboxylic acids is 1. The molecule has 2 fully saturated rings. The molecular formula is C20H30N2O3. The Hall–Kier alpha value is -1.59. The van der Waals surface area contributed by atoms with Crippen LogP contribution < -0.4 is 10.1 Å². The Kier molecular flexibility index (Phi) is 6.32. The quantitative estimate of drug-likeness (QED) is 0.859. The number of rotatable bonds is 5. The first-order valence-corrected chi connectivity index (χ1v) is 9.57. The Morgan fingerprint density at radius 2 is 1.84 bits per heavy atom. The molecule has 3 unspecified atom stereocenters. The number of amides is 1. The summed E-state index contributed by atoms with van der Waals surface area (Å²) < 4.78 is 5.69. The predicted molar refractivity (Wildman–Crippen MR) is 97.5 cm³/mol. The number of likely N-dealkylation sites (tertiary alicyclic amines) is 1. The van der Waals surface area contributed by atoms with Crippen LogP contribution in [-0.2, 0) is 4.79 Å². The lowest BCUT2D eigenvalue weighted by atomic mass is 9.89. The van der Waals surface area contributed by atoms with Crippen LogP contribution in [0.15, 0.2) is 30.3 Å². The molecule has 1 aliphatic carbocycles. The van der Waals surface area contributed by atoms with E-state index in [1.807, 2.05) is 30.3 Å². The van der Waals surface area contributed by atoms with Crippen molar-refractivity contribution in [2.45, 2.75) is 69.7 Å².